The highest BCUT2D eigenvalue weighted by Crippen LogP contribution is 2.23. The number of hydrogen-bond donors (Lipinski definition) is 3. The lowest BCUT2D eigenvalue weighted by Gasteiger charge is -2.36. The second-order valence-electron chi connectivity index (χ2n) is 7.06. The quantitative estimate of drug-likeness (QED) is 0.579. The summed E-state index contributed by atoms with van der Waals surface area (Å²) in [6.45, 7) is 8.73. The number of nitrogens with zero attached hydrogens (tertiary/aromatic N) is 6. The van der Waals surface area contributed by atoms with E-state index in [1.165, 1.54) is 6.20 Å². The van der Waals surface area contributed by atoms with Gasteiger partial charge in [0.1, 0.15) is 0 Å². The van der Waals surface area contributed by atoms with Crippen molar-refractivity contribution >= 4 is 29.7 Å². The Morgan fingerprint density at radius 3 is 2.77 bits per heavy atom. The summed E-state index contributed by atoms with van der Waals surface area (Å²) in [6, 6.07) is 5.56. The van der Waals surface area contributed by atoms with Gasteiger partial charge in [0.05, 0.1) is 17.1 Å². The van der Waals surface area contributed by atoms with Crippen LogP contribution in [-0.4, -0.2) is 64.8 Å². The van der Waals surface area contributed by atoms with Gasteiger partial charge < -0.3 is 16.0 Å². The lowest BCUT2D eigenvalue weighted by Crippen LogP contribution is -2.46. The Balaban J connectivity index is 0.00000272. The molecule has 0 atom stereocenters. The van der Waals surface area contributed by atoms with Gasteiger partial charge in [-0.3, -0.25) is 10.2 Å². The Labute approximate surface area is 185 Å². The average molecular weight is 428 g/mol. The smallest absolute Gasteiger partial charge is 0.321 e. The molecule has 0 saturated carbocycles. The lowest BCUT2D eigenvalue weighted by atomic mass is 10.2. The average Bonchev–Trinajstić information content (AvgIpc) is 2.75. The molecule has 2 aromatic heterocycles. The zero-order chi connectivity index (χ0) is 22.1. The molecule has 31 heavy (non-hydrogen) atoms. The van der Waals surface area contributed by atoms with Gasteiger partial charge in [-0.15, -0.1) is 0 Å². The van der Waals surface area contributed by atoms with Crippen molar-refractivity contribution in [2.45, 2.75) is 20.4 Å². The third kappa shape index (κ3) is 6.48. The minimum Gasteiger partial charge on any atom is -0.405 e. The molecule has 2 aromatic rings. The minimum atomic E-state index is -0.301. The van der Waals surface area contributed by atoms with Gasteiger partial charge in [0.2, 0.25) is 5.95 Å². The Morgan fingerprint density at radius 2 is 2.06 bits per heavy atom. The van der Waals surface area contributed by atoms with Crippen LogP contribution in [0.1, 0.15) is 21.2 Å². The van der Waals surface area contributed by atoms with Gasteiger partial charge in [0.15, 0.2) is 5.82 Å². The van der Waals surface area contributed by atoms with E-state index in [9.17, 15) is 4.79 Å². The van der Waals surface area contributed by atoms with Gasteiger partial charge in [-0.1, -0.05) is 0 Å². The van der Waals surface area contributed by atoms with Gasteiger partial charge in [0.25, 0.3) is 0 Å². The fourth-order valence-electron chi connectivity index (χ4n) is 3.34. The minimum absolute atomic E-state index is 0. The Hall–Kier alpha value is -3.53. The number of carbonyl (C=O) groups excluding carboxylic acids is 1. The van der Waals surface area contributed by atoms with E-state index >= 15 is 0 Å². The lowest BCUT2D eigenvalue weighted by molar-refractivity contribution is 0.246. The number of urea groups is 1. The fraction of sp³-hybridized carbons (Fsp3) is 0.381. The first kappa shape index (κ1) is 22.2. The van der Waals surface area contributed by atoms with E-state index in [1.807, 2.05) is 26.0 Å². The van der Waals surface area contributed by atoms with Crippen molar-refractivity contribution in [2.75, 3.05) is 42.9 Å². The first-order valence-corrected chi connectivity index (χ1v) is 10.3. The van der Waals surface area contributed by atoms with Gasteiger partial charge >= 0.3 is 6.03 Å². The summed E-state index contributed by atoms with van der Waals surface area (Å²) in [5.41, 5.74) is 8.27. The van der Waals surface area contributed by atoms with Gasteiger partial charge in [-0.25, -0.2) is 24.7 Å². The van der Waals surface area contributed by atoms with Crippen LogP contribution in [0.15, 0.2) is 41.7 Å². The number of nitrogens with two attached hydrogens (primary N) is 1. The largest absolute Gasteiger partial charge is 0.405 e. The predicted molar refractivity (Wildman–Crippen MR) is 127 cm³/mol. The number of rotatable bonds is 7. The Kier molecular flexibility index (Phi) is 7.88. The fourth-order valence-corrected chi connectivity index (χ4v) is 3.34. The van der Waals surface area contributed by atoms with Crippen LogP contribution in [0.25, 0.3) is 0 Å². The monoisotopic (exact) mass is 427 g/mol. The second kappa shape index (κ2) is 11.0. The van der Waals surface area contributed by atoms with E-state index in [-0.39, 0.29) is 8.88 Å². The molecule has 0 unspecified atom stereocenters. The molecule has 1 aliphatic heterocycles. The van der Waals surface area contributed by atoms with E-state index < -0.39 is 0 Å². The number of nitrogens with one attached hydrogen (secondary N) is 2. The third-order valence-corrected chi connectivity index (χ3v) is 4.82. The molecular formula is C21H33N9O. The number of allylic oxidation sites excluding steroid dienone is 1. The molecule has 0 aromatic carbocycles. The second-order valence-corrected chi connectivity index (χ2v) is 7.06. The van der Waals surface area contributed by atoms with Crippen molar-refractivity contribution in [2.24, 2.45) is 10.7 Å². The number of anilines is 2. The third-order valence-electron chi connectivity index (χ3n) is 4.82. The van der Waals surface area contributed by atoms with Crippen LogP contribution >= 0.6 is 0 Å². The molecule has 1 saturated heterocycles. The van der Waals surface area contributed by atoms with Crippen molar-refractivity contribution in [1.82, 2.24) is 25.2 Å². The van der Waals surface area contributed by atoms with Crippen molar-refractivity contribution in [3.63, 3.8) is 0 Å². The summed E-state index contributed by atoms with van der Waals surface area (Å²) in [6.07, 6.45) is 6.40. The van der Waals surface area contributed by atoms with E-state index in [0.29, 0.717) is 24.9 Å². The Bertz CT molecular complexity index is 947. The molecule has 3 rings (SSSR count). The number of aryl methyl sites for hydroxylation is 1. The number of piperazine rings is 1. The summed E-state index contributed by atoms with van der Waals surface area (Å²) in [7, 11) is 0. The van der Waals surface area contributed by atoms with Gasteiger partial charge in [0, 0.05) is 54.5 Å². The number of pyridine rings is 1. The van der Waals surface area contributed by atoms with Gasteiger partial charge in [-0.2, -0.15) is 0 Å². The highest BCUT2D eigenvalue weighted by atomic mass is 16.2. The molecule has 1 fully saturated rings. The highest BCUT2D eigenvalue weighted by Gasteiger charge is 2.19. The van der Waals surface area contributed by atoms with Gasteiger partial charge in [-0.05, 0) is 44.3 Å². The van der Waals surface area contributed by atoms with E-state index in [1.54, 1.807) is 18.5 Å². The highest BCUT2D eigenvalue weighted by molar-refractivity contribution is 5.87. The van der Waals surface area contributed by atoms with Crippen LogP contribution in [0.3, 0.4) is 0 Å². The summed E-state index contributed by atoms with van der Waals surface area (Å²) < 4.78 is 0. The maximum Gasteiger partial charge on any atom is 0.321 e. The van der Waals surface area contributed by atoms with E-state index in [4.69, 9.17) is 5.73 Å². The molecule has 4 N–H and O–H groups in total. The van der Waals surface area contributed by atoms with Crippen molar-refractivity contribution in [1.29, 1.82) is 0 Å². The summed E-state index contributed by atoms with van der Waals surface area (Å²) >= 11 is 0. The van der Waals surface area contributed by atoms with Crippen LogP contribution in [-0.2, 0) is 6.54 Å². The zero-order valence-electron chi connectivity index (χ0n) is 18.0. The molecule has 0 spiro atoms. The molecule has 2 amide bonds. The molecule has 3 heterocycles. The summed E-state index contributed by atoms with van der Waals surface area (Å²) in [5, 5.41) is 5.32. The summed E-state index contributed by atoms with van der Waals surface area (Å²) in [5.74, 6) is 0.979. The van der Waals surface area contributed by atoms with Crippen LogP contribution < -0.4 is 21.3 Å². The van der Waals surface area contributed by atoms with Crippen LogP contribution in [0.4, 0.5) is 22.2 Å². The van der Waals surface area contributed by atoms with Crippen LogP contribution in [0, 0.1) is 6.92 Å². The molecule has 0 aliphatic carbocycles. The van der Waals surface area contributed by atoms with Crippen LogP contribution in [0.5, 0.6) is 0 Å². The summed E-state index contributed by atoms with van der Waals surface area (Å²) in [4.78, 5) is 33.7. The van der Waals surface area contributed by atoms with Crippen molar-refractivity contribution < 1.29 is 7.65 Å². The molecular weight excluding hydrogens is 394 g/mol. The standard InChI is InChI=1S/C21H29N9O.2H2/c1-3-23-21(31)28-20-25-10-7-17(27-20)15-29-11-13-30(14-12-29)18-5-6-19(26-16(18)2)24-9-4-8-22;;/h4-10H,3,11-15,22H2,1-2H3,(H2,23,25,27,28,31);2*1H/b8-4-,24-9?;;. The number of hydrogen-bond acceptors (Lipinski definition) is 8. The topological polar surface area (TPSA) is 125 Å². The van der Waals surface area contributed by atoms with E-state index in [2.05, 4.69) is 46.4 Å². The number of carbonyl (C=O) groups is 1. The number of amides is 2. The predicted octanol–water partition coefficient (Wildman–Crippen LogP) is 2.31. The maximum absolute atomic E-state index is 11.7. The first-order chi connectivity index (χ1) is 15.1. The first-order valence-electron chi connectivity index (χ1n) is 10.3. The SMILES string of the molecule is CCNC(=O)Nc1nccc(CN2CCN(c3ccc(N=C/C=C\N)nc3C)CC2)n1.[HH].[HH]. The maximum atomic E-state index is 11.7. The number of aromatic nitrogens is 3. The normalized spacial score (nSPS) is 15.0. The molecule has 168 valence electrons. The van der Waals surface area contributed by atoms with Crippen LogP contribution in [0.2, 0.25) is 0 Å². The van der Waals surface area contributed by atoms with E-state index in [0.717, 1.165) is 43.3 Å². The van der Waals surface area contributed by atoms with Crippen molar-refractivity contribution in [3.05, 3.63) is 48.1 Å². The molecule has 0 radical (unpaired) electrons. The molecule has 10 nitrogen and oxygen atoms in total. The Morgan fingerprint density at radius 1 is 1.26 bits per heavy atom. The zero-order valence-corrected chi connectivity index (χ0v) is 18.0. The number of aliphatic imine (C=N–C) groups is 1. The molecule has 1 aliphatic rings. The van der Waals surface area contributed by atoms with Crippen molar-refractivity contribution in [3.8, 4) is 0 Å². The molecule has 10 heteroatoms. The molecule has 0 bridgehead atoms.